The Hall–Kier alpha value is -0.0800. The van der Waals surface area contributed by atoms with Crippen LogP contribution in [0.4, 0.5) is 0 Å². The molecule has 2 aliphatic heterocycles. The molecule has 0 N–H and O–H groups in total. The van der Waals surface area contributed by atoms with E-state index in [-0.39, 0.29) is 0 Å². The lowest BCUT2D eigenvalue weighted by Gasteiger charge is -2.35. The van der Waals surface area contributed by atoms with Crippen molar-refractivity contribution in [2.45, 2.75) is 58.3 Å². The monoisotopic (exact) mass is 253 g/mol. The molecule has 2 heteroatoms. The van der Waals surface area contributed by atoms with E-state index < -0.39 is 0 Å². The van der Waals surface area contributed by atoms with Crippen LogP contribution in [0, 0.1) is 0 Å². The molecule has 0 amide bonds. The fourth-order valence-corrected chi connectivity index (χ4v) is 3.80. The van der Waals surface area contributed by atoms with Crippen molar-refractivity contribution in [3.05, 3.63) is 0 Å². The average molecular weight is 253 g/mol. The molecule has 2 rings (SSSR count). The maximum absolute atomic E-state index is 2.70. The van der Waals surface area contributed by atoms with E-state index in [2.05, 4.69) is 11.8 Å². The van der Waals surface area contributed by atoms with Crippen LogP contribution in [-0.2, 0) is 0 Å². The van der Waals surface area contributed by atoms with E-state index in [0.29, 0.717) is 0 Å². The lowest BCUT2D eigenvalue weighted by Crippen LogP contribution is -2.50. The summed E-state index contributed by atoms with van der Waals surface area (Å²) in [7, 11) is 0. The fourth-order valence-electron chi connectivity index (χ4n) is 3.80. The van der Waals surface area contributed by atoms with Gasteiger partial charge in [-0.05, 0) is 38.8 Å². The van der Waals surface area contributed by atoms with Crippen LogP contribution in [0.5, 0.6) is 0 Å². The minimum Gasteiger partial charge on any atom is -0.323 e. The Morgan fingerprint density at radius 1 is 0.833 bits per heavy atom. The van der Waals surface area contributed by atoms with E-state index >= 15 is 0 Å². The van der Waals surface area contributed by atoms with Gasteiger partial charge in [-0.1, -0.05) is 19.8 Å². The molecule has 2 heterocycles. The van der Waals surface area contributed by atoms with Gasteiger partial charge < -0.3 is 4.48 Å². The van der Waals surface area contributed by atoms with Crippen molar-refractivity contribution in [3.8, 4) is 0 Å². The first-order chi connectivity index (χ1) is 8.85. The van der Waals surface area contributed by atoms with Gasteiger partial charge in [-0.25, -0.2) is 0 Å². The van der Waals surface area contributed by atoms with Gasteiger partial charge in [-0.2, -0.15) is 0 Å². The van der Waals surface area contributed by atoms with Crippen molar-refractivity contribution in [1.29, 1.82) is 0 Å². The van der Waals surface area contributed by atoms with Gasteiger partial charge in [0.2, 0.25) is 0 Å². The molecule has 0 unspecified atom stereocenters. The molecule has 0 bridgehead atoms. The molecular weight excluding hydrogens is 220 g/mol. The lowest BCUT2D eigenvalue weighted by atomic mass is 10.2. The number of unbranched alkanes of at least 4 members (excludes halogenated alkanes) is 3. The third-order valence-corrected chi connectivity index (χ3v) is 5.09. The molecule has 2 saturated heterocycles. The number of nitrogens with zero attached hydrogens (tertiary/aromatic N) is 2. The van der Waals surface area contributed by atoms with Crippen LogP contribution in [0.15, 0.2) is 0 Å². The number of rotatable bonds is 8. The van der Waals surface area contributed by atoms with Crippen LogP contribution in [0.2, 0.25) is 0 Å². The molecule has 0 atom stereocenters. The Balaban J connectivity index is 1.71. The highest BCUT2D eigenvalue weighted by atomic mass is 15.4. The van der Waals surface area contributed by atoms with E-state index in [1.54, 1.807) is 0 Å². The highest BCUT2D eigenvalue weighted by molar-refractivity contribution is 4.67. The highest BCUT2D eigenvalue weighted by Crippen LogP contribution is 2.21. The minimum atomic E-state index is 1.37. The summed E-state index contributed by atoms with van der Waals surface area (Å²) in [6.07, 6.45) is 11.6. The largest absolute Gasteiger partial charge is 0.323 e. The fraction of sp³-hybridized carbons (Fsp3) is 1.00. The van der Waals surface area contributed by atoms with Gasteiger partial charge in [0, 0.05) is 19.4 Å². The maximum atomic E-state index is 2.70. The maximum Gasteiger partial charge on any atom is 0.0915 e. The van der Waals surface area contributed by atoms with Crippen molar-refractivity contribution in [3.63, 3.8) is 0 Å². The van der Waals surface area contributed by atoms with Gasteiger partial charge >= 0.3 is 0 Å². The van der Waals surface area contributed by atoms with E-state index in [1.807, 2.05) is 0 Å². The Bertz CT molecular complexity index is 215. The van der Waals surface area contributed by atoms with Gasteiger partial charge in [0.05, 0.1) is 26.2 Å². The smallest absolute Gasteiger partial charge is 0.0915 e. The zero-order valence-electron chi connectivity index (χ0n) is 12.5. The molecule has 2 nitrogen and oxygen atoms in total. The third kappa shape index (κ3) is 4.24. The molecule has 2 aliphatic rings. The standard InChI is InChI=1S/C16H33N2/c1-2-3-4-7-13-18(14-8-9-15-18)16-12-17-10-5-6-11-17/h2-16H2,1H3/q+1. The van der Waals surface area contributed by atoms with Crippen molar-refractivity contribution < 1.29 is 4.48 Å². The van der Waals surface area contributed by atoms with Crippen LogP contribution in [0.1, 0.15) is 58.3 Å². The topological polar surface area (TPSA) is 3.24 Å². The molecule has 0 aliphatic carbocycles. The van der Waals surface area contributed by atoms with Crippen LogP contribution < -0.4 is 0 Å². The van der Waals surface area contributed by atoms with E-state index in [9.17, 15) is 0 Å². The first-order valence-corrected chi connectivity index (χ1v) is 8.42. The summed E-state index contributed by atoms with van der Waals surface area (Å²) in [6.45, 7) is 12.3. The molecule has 106 valence electrons. The number of hydrogen-bond acceptors (Lipinski definition) is 1. The van der Waals surface area contributed by atoms with Gasteiger partial charge in [-0.3, -0.25) is 4.90 Å². The first-order valence-electron chi connectivity index (χ1n) is 8.42. The third-order valence-electron chi connectivity index (χ3n) is 5.09. The summed E-state index contributed by atoms with van der Waals surface area (Å²) in [6, 6.07) is 0. The molecule has 0 aromatic rings. The molecule has 0 aromatic carbocycles. The summed E-state index contributed by atoms with van der Waals surface area (Å²) in [5, 5.41) is 0. The predicted molar refractivity (Wildman–Crippen MR) is 78.8 cm³/mol. The summed E-state index contributed by atoms with van der Waals surface area (Å²) < 4.78 is 1.46. The molecule has 0 aromatic heterocycles. The zero-order chi connectivity index (χ0) is 12.7. The second kappa shape index (κ2) is 7.49. The molecular formula is C16H33N2+. The zero-order valence-corrected chi connectivity index (χ0v) is 12.5. The number of hydrogen-bond donors (Lipinski definition) is 0. The Labute approximate surface area is 114 Å². The van der Waals surface area contributed by atoms with Crippen molar-refractivity contribution in [1.82, 2.24) is 4.90 Å². The van der Waals surface area contributed by atoms with Gasteiger partial charge in [-0.15, -0.1) is 0 Å². The van der Waals surface area contributed by atoms with Gasteiger partial charge in [0.1, 0.15) is 0 Å². The van der Waals surface area contributed by atoms with Crippen molar-refractivity contribution >= 4 is 0 Å². The van der Waals surface area contributed by atoms with Crippen LogP contribution in [0.3, 0.4) is 0 Å². The quantitative estimate of drug-likeness (QED) is 0.474. The molecule has 18 heavy (non-hydrogen) atoms. The summed E-state index contributed by atoms with van der Waals surface area (Å²) >= 11 is 0. The van der Waals surface area contributed by atoms with Crippen molar-refractivity contribution in [2.24, 2.45) is 0 Å². The Kier molecular flexibility index (Phi) is 5.97. The predicted octanol–water partition coefficient (Wildman–Crippen LogP) is 3.27. The Morgan fingerprint density at radius 3 is 2.22 bits per heavy atom. The van der Waals surface area contributed by atoms with Crippen LogP contribution in [-0.4, -0.2) is 55.2 Å². The highest BCUT2D eigenvalue weighted by Gasteiger charge is 2.31. The SMILES string of the molecule is CCCCCC[N+]1(CCN2CCCC2)CCCC1. The molecule has 0 saturated carbocycles. The second-order valence-corrected chi connectivity index (χ2v) is 6.55. The summed E-state index contributed by atoms with van der Waals surface area (Å²) in [4.78, 5) is 2.70. The second-order valence-electron chi connectivity index (χ2n) is 6.55. The average Bonchev–Trinajstić information content (AvgIpc) is 3.04. The molecule has 0 spiro atoms. The lowest BCUT2D eigenvalue weighted by molar-refractivity contribution is -0.916. The number of quaternary nitrogens is 1. The van der Waals surface area contributed by atoms with Crippen molar-refractivity contribution in [2.75, 3.05) is 45.8 Å². The van der Waals surface area contributed by atoms with Gasteiger partial charge in [0.15, 0.2) is 0 Å². The minimum absolute atomic E-state index is 1.37. The molecule has 2 fully saturated rings. The van der Waals surface area contributed by atoms with E-state index in [1.165, 1.54) is 102 Å². The Morgan fingerprint density at radius 2 is 1.56 bits per heavy atom. The summed E-state index contributed by atoms with van der Waals surface area (Å²) in [5.41, 5.74) is 0. The number of likely N-dealkylation sites (tertiary alicyclic amines) is 2. The molecule has 0 radical (unpaired) electrons. The first kappa shape index (κ1) is 14.3. The van der Waals surface area contributed by atoms with E-state index in [4.69, 9.17) is 0 Å². The van der Waals surface area contributed by atoms with Crippen LogP contribution >= 0.6 is 0 Å². The van der Waals surface area contributed by atoms with Crippen LogP contribution in [0.25, 0.3) is 0 Å². The van der Waals surface area contributed by atoms with E-state index in [0.717, 1.165) is 0 Å². The normalized spacial score (nSPS) is 23.8. The summed E-state index contributed by atoms with van der Waals surface area (Å²) in [5.74, 6) is 0. The van der Waals surface area contributed by atoms with Gasteiger partial charge in [0.25, 0.3) is 0 Å².